The first-order chi connectivity index (χ1) is 9.67. The Bertz CT molecular complexity index is 507. The van der Waals surface area contributed by atoms with Crippen molar-refractivity contribution in [1.29, 1.82) is 0 Å². The normalized spacial score (nSPS) is 12.3. The van der Waals surface area contributed by atoms with Crippen molar-refractivity contribution in [3.8, 4) is 0 Å². The second-order valence-electron chi connectivity index (χ2n) is 5.16. The lowest BCUT2D eigenvalue weighted by Crippen LogP contribution is -2.33. The number of halogens is 1. The molecule has 1 unspecified atom stereocenters. The molecule has 1 atom stereocenters. The van der Waals surface area contributed by atoms with Crippen LogP contribution >= 0.6 is 15.9 Å². The van der Waals surface area contributed by atoms with Gasteiger partial charge in [-0.15, -0.1) is 0 Å². The highest BCUT2D eigenvalue weighted by Gasteiger charge is 2.10. The number of aryl methyl sites for hydroxylation is 1. The quantitative estimate of drug-likeness (QED) is 0.867. The van der Waals surface area contributed by atoms with Crippen LogP contribution in [-0.4, -0.2) is 17.6 Å². The Morgan fingerprint density at radius 2 is 1.95 bits per heavy atom. The summed E-state index contributed by atoms with van der Waals surface area (Å²) in [6.07, 6.45) is 5.81. The van der Waals surface area contributed by atoms with Crippen molar-refractivity contribution >= 4 is 15.9 Å². The SMILES string of the molecule is CCNC(Cc1cccc(C)c1)Cc1cncc(Br)c1. The molecule has 0 bridgehead atoms. The van der Waals surface area contributed by atoms with Gasteiger partial charge in [-0.3, -0.25) is 4.98 Å². The van der Waals surface area contributed by atoms with Crippen LogP contribution in [0.2, 0.25) is 0 Å². The number of pyridine rings is 1. The molecule has 1 aromatic carbocycles. The maximum atomic E-state index is 4.24. The third-order valence-corrected chi connectivity index (χ3v) is 3.73. The van der Waals surface area contributed by atoms with Crippen molar-refractivity contribution in [1.82, 2.24) is 10.3 Å². The predicted octanol–water partition coefficient (Wildman–Crippen LogP) is 3.92. The van der Waals surface area contributed by atoms with Crippen molar-refractivity contribution in [2.45, 2.75) is 32.7 Å². The van der Waals surface area contributed by atoms with E-state index >= 15 is 0 Å². The number of rotatable bonds is 6. The van der Waals surface area contributed by atoms with E-state index in [9.17, 15) is 0 Å². The molecular formula is C17H21BrN2. The van der Waals surface area contributed by atoms with E-state index in [1.807, 2.05) is 12.4 Å². The zero-order valence-corrected chi connectivity index (χ0v) is 13.7. The largest absolute Gasteiger partial charge is 0.314 e. The van der Waals surface area contributed by atoms with Gasteiger partial charge in [-0.2, -0.15) is 0 Å². The van der Waals surface area contributed by atoms with E-state index < -0.39 is 0 Å². The summed E-state index contributed by atoms with van der Waals surface area (Å²) in [7, 11) is 0. The molecule has 1 heterocycles. The molecule has 20 heavy (non-hydrogen) atoms. The van der Waals surface area contributed by atoms with Crippen LogP contribution in [0.1, 0.15) is 23.6 Å². The summed E-state index contributed by atoms with van der Waals surface area (Å²) in [6.45, 7) is 5.28. The number of likely N-dealkylation sites (N-methyl/N-ethyl adjacent to an activating group) is 1. The highest BCUT2D eigenvalue weighted by Crippen LogP contribution is 2.14. The van der Waals surface area contributed by atoms with Crippen LogP contribution < -0.4 is 5.32 Å². The Morgan fingerprint density at radius 3 is 2.65 bits per heavy atom. The fourth-order valence-corrected chi connectivity index (χ4v) is 2.89. The molecule has 0 aliphatic carbocycles. The number of benzene rings is 1. The fourth-order valence-electron chi connectivity index (χ4n) is 2.48. The number of hydrogen-bond acceptors (Lipinski definition) is 2. The van der Waals surface area contributed by atoms with Gasteiger partial charge in [0, 0.05) is 22.9 Å². The van der Waals surface area contributed by atoms with Crippen molar-refractivity contribution < 1.29 is 0 Å². The minimum Gasteiger partial charge on any atom is -0.314 e. The standard InChI is InChI=1S/C17H21BrN2/c1-3-20-17(9-14-6-4-5-13(2)7-14)10-15-8-16(18)12-19-11-15/h4-8,11-12,17,20H,3,9-10H2,1-2H3. The molecular weight excluding hydrogens is 312 g/mol. The predicted molar refractivity (Wildman–Crippen MR) is 88.0 cm³/mol. The van der Waals surface area contributed by atoms with E-state index in [0.717, 1.165) is 23.9 Å². The molecule has 0 spiro atoms. The van der Waals surface area contributed by atoms with Crippen LogP contribution in [0.5, 0.6) is 0 Å². The number of hydrogen-bond donors (Lipinski definition) is 1. The average Bonchev–Trinajstić information content (AvgIpc) is 2.39. The minimum atomic E-state index is 0.442. The molecule has 0 aliphatic rings. The zero-order valence-electron chi connectivity index (χ0n) is 12.1. The first-order valence-corrected chi connectivity index (χ1v) is 7.85. The lowest BCUT2D eigenvalue weighted by Gasteiger charge is -2.18. The Morgan fingerprint density at radius 1 is 1.15 bits per heavy atom. The molecule has 106 valence electrons. The Balaban J connectivity index is 2.07. The van der Waals surface area contributed by atoms with Gasteiger partial charge in [-0.25, -0.2) is 0 Å². The van der Waals surface area contributed by atoms with E-state index in [1.165, 1.54) is 16.7 Å². The molecule has 2 nitrogen and oxygen atoms in total. The maximum absolute atomic E-state index is 4.24. The molecule has 0 radical (unpaired) electrons. The summed E-state index contributed by atoms with van der Waals surface area (Å²) < 4.78 is 1.04. The van der Waals surface area contributed by atoms with Crippen molar-refractivity contribution in [3.63, 3.8) is 0 Å². The van der Waals surface area contributed by atoms with Gasteiger partial charge in [0.25, 0.3) is 0 Å². The molecule has 0 saturated carbocycles. The number of nitrogens with zero attached hydrogens (tertiary/aromatic N) is 1. The molecule has 2 rings (SSSR count). The molecule has 3 heteroatoms. The molecule has 0 amide bonds. The van der Waals surface area contributed by atoms with Crippen LogP contribution in [0, 0.1) is 6.92 Å². The topological polar surface area (TPSA) is 24.9 Å². The summed E-state index contributed by atoms with van der Waals surface area (Å²) >= 11 is 3.48. The number of aromatic nitrogens is 1. The van der Waals surface area contributed by atoms with Crippen LogP contribution in [0.25, 0.3) is 0 Å². The minimum absolute atomic E-state index is 0.442. The van der Waals surface area contributed by atoms with Gasteiger partial charge in [-0.05, 0) is 59.4 Å². The van der Waals surface area contributed by atoms with Crippen molar-refractivity contribution in [2.24, 2.45) is 0 Å². The highest BCUT2D eigenvalue weighted by molar-refractivity contribution is 9.10. The fraction of sp³-hybridized carbons (Fsp3) is 0.353. The second-order valence-corrected chi connectivity index (χ2v) is 6.08. The summed E-state index contributed by atoms with van der Waals surface area (Å²) in [5.74, 6) is 0. The van der Waals surface area contributed by atoms with Crippen molar-refractivity contribution in [2.75, 3.05) is 6.54 Å². The highest BCUT2D eigenvalue weighted by atomic mass is 79.9. The first kappa shape index (κ1) is 15.2. The molecule has 0 aliphatic heterocycles. The van der Waals surface area contributed by atoms with E-state index in [2.05, 4.69) is 70.4 Å². The Hall–Kier alpha value is -1.19. The number of nitrogens with one attached hydrogen (secondary N) is 1. The lowest BCUT2D eigenvalue weighted by atomic mass is 9.99. The van der Waals surface area contributed by atoms with Gasteiger partial charge in [0.2, 0.25) is 0 Å². The van der Waals surface area contributed by atoms with Gasteiger partial charge in [0.15, 0.2) is 0 Å². The van der Waals surface area contributed by atoms with Crippen LogP contribution in [-0.2, 0) is 12.8 Å². The third kappa shape index (κ3) is 4.73. The monoisotopic (exact) mass is 332 g/mol. The van der Waals surface area contributed by atoms with E-state index in [0.29, 0.717) is 6.04 Å². The maximum Gasteiger partial charge on any atom is 0.0410 e. The average molecular weight is 333 g/mol. The van der Waals surface area contributed by atoms with Crippen LogP contribution in [0.4, 0.5) is 0 Å². The molecule has 0 fully saturated rings. The molecule has 1 N–H and O–H groups in total. The van der Waals surface area contributed by atoms with E-state index in [1.54, 1.807) is 0 Å². The van der Waals surface area contributed by atoms with Crippen molar-refractivity contribution in [3.05, 3.63) is 63.9 Å². The molecule has 0 saturated heterocycles. The Kier molecular flexibility index (Phi) is 5.74. The van der Waals surface area contributed by atoms with Gasteiger partial charge < -0.3 is 5.32 Å². The summed E-state index contributed by atoms with van der Waals surface area (Å²) in [5.41, 5.74) is 3.97. The van der Waals surface area contributed by atoms with Crippen LogP contribution in [0.3, 0.4) is 0 Å². The van der Waals surface area contributed by atoms with E-state index in [4.69, 9.17) is 0 Å². The summed E-state index contributed by atoms with van der Waals surface area (Å²) in [5, 5.41) is 3.58. The second kappa shape index (κ2) is 7.55. The van der Waals surface area contributed by atoms with Gasteiger partial charge >= 0.3 is 0 Å². The zero-order chi connectivity index (χ0) is 14.4. The summed E-state index contributed by atoms with van der Waals surface area (Å²) in [6, 6.07) is 11.3. The first-order valence-electron chi connectivity index (χ1n) is 7.05. The van der Waals surface area contributed by atoms with Gasteiger partial charge in [-0.1, -0.05) is 36.8 Å². The molecule has 2 aromatic rings. The lowest BCUT2D eigenvalue weighted by molar-refractivity contribution is 0.520. The van der Waals surface area contributed by atoms with Crippen LogP contribution in [0.15, 0.2) is 47.2 Å². The Labute approximate surface area is 129 Å². The van der Waals surface area contributed by atoms with Gasteiger partial charge in [0.05, 0.1) is 0 Å². The molecule has 1 aromatic heterocycles. The van der Waals surface area contributed by atoms with E-state index in [-0.39, 0.29) is 0 Å². The third-order valence-electron chi connectivity index (χ3n) is 3.30. The summed E-state index contributed by atoms with van der Waals surface area (Å²) in [4.78, 5) is 4.24. The smallest absolute Gasteiger partial charge is 0.0410 e. The van der Waals surface area contributed by atoms with Gasteiger partial charge in [0.1, 0.15) is 0 Å².